The highest BCUT2D eigenvalue weighted by Crippen LogP contribution is 2.34. The molecule has 0 fully saturated rings. The molecule has 2 heterocycles. The Balaban J connectivity index is 1.89. The number of rotatable bonds is 8. The second-order valence-corrected chi connectivity index (χ2v) is 7.90. The molecule has 0 unspecified atom stereocenters. The summed E-state index contributed by atoms with van der Waals surface area (Å²) in [6.45, 7) is 7.07. The minimum Gasteiger partial charge on any atom is -0.462 e. The SMILES string of the molecule is C=CCOC(=O)c1sc(NC(=O)Cc2cn(C)c3ccccc23)c(C(=O)OCC)c1C. The second kappa shape index (κ2) is 9.61. The van der Waals surface area contributed by atoms with Crippen molar-refractivity contribution >= 4 is 45.1 Å². The summed E-state index contributed by atoms with van der Waals surface area (Å²) in [5, 5.41) is 4.04. The Morgan fingerprint density at radius 3 is 2.65 bits per heavy atom. The second-order valence-electron chi connectivity index (χ2n) is 6.88. The third-order valence-electron chi connectivity index (χ3n) is 4.73. The molecule has 0 aliphatic rings. The number of anilines is 1. The Hall–Kier alpha value is -3.39. The number of amides is 1. The van der Waals surface area contributed by atoms with Crippen LogP contribution in [0.4, 0.5) is 5.00 Å². The fourth-order valence-electron chi connectivity index (χ4n) is 3.36. The summed E-state index contributed by atoms with van der Waals surface area (Å²) in [6.07, 6.45) is 3.49. The normalized spacial score (nSPS) is 10.7. The average molecular weight is 441 g/mol. The van der Waals surface area contributed by atoms with Crippen LogP contribution < -0.4 is 5.32 Å². The monoisotopic (exact) mass is 440 g/mol. The van der Waals surface area contributed by atoms with Gasteiger partial charge in [0.25, 0.3) is 0 Å². The highest BCUT2D eigenvalue weighted by molar-refractivity contribution is 7.18. The van der Waals surface area contributed by atoms with Crippen molar-refractivity contribution < 1.29 is 23.9 Å². The number of carbonyl (C=O) groups excluding carboxylic acids is 3. The lowest BCUT2D eigenvalue weighted by Crippen LogP contribution is -2.16. The third-order valence-corrected chi connectivity index (χ3v) is 5.91. The third kappa shape index (κ3) is 4.69. The van der Waals surface area contributed by atoms with Crippen LogP contribution in [0.1, 0.15) is 38.1 Å². The number of hydrogen-bond acceptors (Lipinski definition) is 6. The standard InChI is InChI=1S/C23H24N2O5S/c1-5-11-30-23(28)20-14(3)19(22(27)29-6-2)21(31-20)24-18(26)12-15-13-25(4)17-10-8-7-9-16(15)17/h5,7-10,13H,1,6,11-12H2,2-4H3,(H,24,26). The number of fused-ring (bicyclic) bond motifs is 1. The van der Waals surface area contributed by atoms with E-state index in [0.29, 0.717) is 5.56 Å². The van der Waals surface area contributed by atoms with Gasteiger partial charge in [-0.15, -0.1) is 11.3 Å². The number of ether oxygens (including phenoxy) is 2. The Bertz CT molecular complexity index is 1160. The first-order valence-corrected chi connectivity index (χ1v) is 10.6. The Morgan fingerprint density at radius 1 is 1.19 bits per heavy atom. The first kappa shape index (κ1) is 22.3. The van der Waals surface area contributed by atoms with Crippen molar-refractivity contribution in [1.29, 1.82) is 0 Å². The van der Waals surface area contributed by atoms with E-state index in [9.17, 15) is 14.4 Å². The van der Waals surface area contributed by atoms with E-state index in [-0.39, 0.29) is 41.0 Å². The molecule has 162 valence electrons. The molecule has 3 rings (SSSR count). The maximum absolute atomic E-state index is 12.8. The van der Waals surface area contributed by atoms with Crippen LogP contribution in [0.3, 0.4) is 0 Å². The van der Waals surface area contributed by atoms with Crippen molar-refractivity contribution in [3.05, 3.63) is 64.7 Å². The van der Waals surface area contributed by atoms with Crippen molar-refractivity contribution in [3.8, 4) is 0 Å². The van der Waals surface area contributed by atoms with Crippen molar-refractivity contribution in [2.75, 3.05) is 18.5 Å². The zero-order valence-corrected chi connectivity index (χ0v) is 18.5. The van der Waals surface area contributed by atoms with Gasteiger partial charge in [-0.25, -0.2) is 9.59 Å². The minimum atomic E-state index is -0.598. The van der Waals surface area contributed by atoms with Crippen molar-refractivity contribution in [2.24, 2.45) is 7.05 Å². The fraction of sp³-hybridized carbons (Fsp3) is 0.261. The van der Waals surface area contributed by atoms with E-state index in [2.05, 4.69) is 11.9 Å². The van der Waals surface area contributed by atoms with Gasteiger partial charge in [0.2, 0.25) is 5.91 Å². The Morgan fingerprint density at radius 2 is 1.94 bits per heavy atom. The van der Waals surface area contributed by atoms with E-state index in [4.69, 9.17) is 9.47 Å². The number of benzene rings is 1. The first-order chi connectivity index (χ1) is 14.9. The van der Waals surface area contributed by atoms with Gasteiger partial charge in [-0.2, -0.15) is 0 Å². The number of esters is 2. The van der Waals surface area contributed by atoms with E-state index in [1.807, 2.05) is 42.1 Å². The van der Waals surface area contributed by atoms with Gasteiger partial charge in [0, 0.05) is 24.1 Å². The maximum Gasteiger partial charge on any atom is 0.348 e. The number of aromatic nitrogens is 1. The van der Waals surface area contributed by atoms with Gasteiger partial charge in [-0.3, -0.25) is 4.79 Å². The van der Waals surface area contributed by atoms with E-state index >= 15 is 0 Å². The molecule has 2 aromatic heterocycles. The molecule has 0 radical (unpaired) electrons. The molecule has 0 bridgehead atoms. The summed E-state index contributed by atoms with van der Waals surface area (Å²) in [4.78, 5) is 38.0. The highest BCUT2D eigenvalue weighted by atomic mass is 32.1. The fourth-order valence-corrected chi connectivity index (χ4v) is 4.46. The number of hydrogen-bond donors (Lipinski definition) is 1. The topological polar surface area (TPSA) is 86.6 Å². The molecule has 8 heteroatoms. The van der Waals surface area contributed by atoms with Gasteiger partial charge < -0.3 is 19.4 Å². The zero-order chi connectivity index (χ0) is 22.5. The highest BCUT2D eigenvalue weighted by Gasteiger charge is 2.27. The minimum absolute atomic E-state index is 0.0493. The molecule has 0 aliphatic carbocycles. The summed E-state index contributed by atoms with van der Waals surface area (Å²) in [5.74, 6) is -1.48. The van der Waals surface area contributed by atoms with Gasteiger partial charge in [0.1, 0.15) is 16.5 Å². The molecule has 0 aliphatic heterocycles. The molecule has 1 N–H and O–H groups in total. The molecule has 3 aromatic rings. The molecule has 7 nitrogen and oxygen atoms in total. The summed E-state index contributed by atoms with van der Waals surface area (Å²) in [7, 11) is 1.92. The average Bonchev–Trinajstić information content (AvgIpc) is 3.23. The Labute approximate surface area is 184 Å². The molecule has 1 aromatic carbocycles. The molecule has 1 amide bonds. The predicted molar refractivity (Wildman–Crippen MR) is 121 cm³/mol. The van der Waals surface area contributed by atoms with Crippen LogP contribution in [0.5, 0.6) is 0 Å². The van der Waals surface area contributed by atoms with Gasteiger partial charge >= 0.3 is 11.9 Å². The summed E-state index contributed by atoms with van der Waals surface area (Å²) >= 11 is 1.000. The molecule has 0 spiro atoms. The largest absolute Gasteiger partial charge is 0.462 e. The summed E-state index contributed by atoms with van der Waals surface area (Å²) in [5.41, 5.74) is 2.48. The van der Waals surface area contributed by atoms with E-state index in [1.165, 1.54) is 6.08 Å². The van der Waals surface area contributed by atoms with Crippen LogP contribution in [-0.4, -0.2) is 35.6 Å². The van der Waals surface area contributed by atoms with Crippen LogP contribution in [0.2, 0.25) is 0 Å². The maximum atomic E-state index is 12.8. The number of aryl methyl sites for hydroxylation is 1. The van der Waals surface area contributed by atoms with Crippen molar-refractivity contribution in [1.82, 2.24) is 4.57 Å². The van der Waals surface area contributed by atoms with Crippen LogP contribution in [0, 0.1) is 6.92 Å². The molecule has 31 heavy (non-hydrogen) atoms. The van der Waals surface area contributed by atoms with Gasteiger partial charge in [0.05, 0.1) is 18.6 Å². The summed E-state index contributed by atoms with van der Waals surface area (Å²) in [6, 6.07) is 7.82. The number of nitrogens with zero attached hydrogens (tertiary/aromatic N) is 1. The van der Waals surface area contributed by atoms with Crippen LogP contribution in [-0.2, 0) is 27.7 Å². The van der Waals surface area contributed by atoms with Crippen molar-refractivity contribution in [2.45, 2.75) is 20.3 Å². The van der Waals surface area contributed by atoms with Gasteiger partial charge in [-0.1, -0.05) is 30.9 Å². The van der Waals surface area contributed by atoms with Gasteiger partial charge in [-0.05, 0) is 31.0 Å². The van der Waals surface area contributed by atoms with Crippen LogP contribution >= 0.6 is 11.3 Å². The van der Waals surface area contributed by atoms with Crippen LogP contribution in [0.25, 0.3) is 10.9 Å². The molecule has 0 atom stereocenters. The summed E-state index contributed by atoms with van der Waals surface area (Å²) < 4.78 is 12.2. The van der Waals surface area contributed by atoms with E-state index in [0.717, 1.165) is 27.8 Å². The van der Waals surface area contributed by atoms with Gasteiger partial charge in [0.15, 0.2) is 0 Å². The molecule has 0 saturated heterocycles. The zero-order valence-electron chi connectivity index (χ0n) is 17.7. The molecule has 0 saturated carbocycles. The number of nitrogens with one attached hydrogen (secondary N) is 1. The quantitative estimate of drug-likeness (QED) is 0.418. The molecular formula is C23H24N2O5S. The lowest BCUT2D eigenvalue weighted by Gasteiger charge is -2.07. The predicted octanol–water partition coefficient (Wildman–Crippen LogP) is 4.25. The van der Waals surface area contributed by atoms with Crippen LogP contribution in [0.15, 0.2) is 43.1 Å². The number of thiophene rings is 1. The lowest BCUT2D eigenvalue weighted by atomic mass is 10.1. The molecular weight excluding hydrogens is 416 g/mol. The number of carbonyl (C=O) groups is 3. The van der Waals surface area contributed by atoms with E-state index in [1.54, 1.807) is 13.8 Å². The number of para-hydroxylation sites is 1. The van der Waals surface area contributed by atoms with Crippen molar-refractivity contribution in [3.63, 3.8) is 0 Å². The smallest absolute Gasteiger partial charge is 0.348 e. The van der Waals surface area contributed by atoms with E-state index < -0.39 is 11.9 Å². The lowest BCUT2D eigenvalue weighted by molar-refractivity contribution is -0.115. The first-order valence-electron chi connectivity index (χ1n) is 9.78. The Kier molecular flexibility index (Phi) is 6.91.